The van der Waals surface area contributed by atoms with Gasteiger partial charge in [0.1, 0.15) is 0 Å². The van der Waals surface area contributed by atoms with Gasteiger partial charge in [-0.15, -0.1) is 0 Å². The maximum absolute atomic E-state index is 5.18. The van der Waals surface area contributed by atoms with Crippen LogP contribution in [-0.2, 0) is 0 Å². The Morgan fingerprint density at radius 3 is 1.59 bits per heavy atom. The number of fused-ring (bicyclic) bond motifs is 10. The van der Waals surface area contributed by atoms with Crippen LogP contribution in [0.3, 0.4) is 0 Å². The predicted molar refractivity (Wildman–Crippen MR) is 266 cm³/mol. The van der Waals surface area contributed by atoms with E-state index in [1.54, 1.807) is 0 Å². The van der Waals surface area contributed by atoms with Crippen LogP contribution >= 0.6 is 0 Å². The zero-order valence-corrected chi connectivity index (χ0v) is 34.6. The summed E-state index contributed by atoms with van der Waals surface area (Å²) in [6, 6.07) is 79.3. The van der Waals surface area contributed by atoms with E-state index in [4.69, 9.17) is 9.97 Å². The molecule has 13 aromatic rings. The van der Waals surface area contributed by atoms with Crippen LogP contribution in [0.1, 0.15) is 0 Å². The van der Waals surface area contributed by atoms with Crippen molar-refractivity contribution >= 4 is 65.3 Å². The lowest BCUT2D eigenvalue weighted by Gasteiger charge is -2.11. The van der Waals surface area contributed by atoms with Gasteiger partial charge in [-0.05, 0) is 117 Å². The average Bonchev–Trinajstić information content (AvgIpc) is 4.00. The van der Waals surface area contributed by atoms with E-state index in [9.17, 15) is 0 Å². The van der Waals surface area contributed by atoms with Crippen molar-refractivity contribution in [2.24, 2.45) is 0 Å². The first kappa shape index (κ1) is 35.0. The second-order valence-corrected chi connectivity index (χ2v) is 17.0. The molecule has 3 aromatic heterocycles. The smallest absolute Gasteiger partial charge is 0.160 e. The minimum Gasteiger partial charge on any atom is -0.309 e. The van der Waals surface area contributed by atoms with Gasteiger partial charge < -0.3 is 9.13 Å². The third-order valence-corrected chi connectivity index (χ3v) is 13.4. The Balaban J connectivity index is 0.854. The molecule has 1 aliphatic rings. The molecule has 64 heavy (non-hydrogen) atoms. The molecule has 0 radical (unpaired) electrons. The van der Waals surface area contributed by atoms with Crippen molar-refractivity contribution in [2.45, 2.75) is 0 Å². The molecule has 0 amide bonds. The molecule has 3 heterocycles. The van der Waals surface area contributed by atoms with E-state index in [0.29, 0.717) is 0 Å². The molecule has 296 valence electrons. The first-order valence-corrected chi connectivity index (χ1v) is 21.9. The molecule has 0 N–H and O–H groups in total. The van der Waals surface area contributed by atoms with Gasteiger partial charge in [-0.3, -0.25) is 0 Å². The quantitative estimate of drug-likeness (QED) is 0.174. The highest BCUT2D eigenvalue weighted by molar-refractivity contribution is 6.14. The molecule has 14 rings (SSSR count). The van der Waals surface area contributed by atoms with Gasteiger partial charge in [-0.1, -0.05) is 146 Å². The third-order valence-electron chi connectivity index (χ3n) is 13.4. The molecular weight excluding hydrogens is 777 g/mol. The maximum atomic E-state index is 5.18. The van der Waals surface area contributed by atoms with Gasteiger partial charge in [0.25, 0.3) is 0 Å². The van der Waals surface area contributed by atoms with Crippen LogP contribution in [0.5, 0.6) is 0 Å². The molecule has 0 fully saturated rings. The summed E-state index contributed by atoms with van der Waals surface area (Å²) >= 11 is 0. The normalized spacial score (nSPS) is 12.1. The van der Waals surface area contributed by atoms with Crippen molar-refractivity contribution in [3.8, 4) is 67.4 Å². The van der Waals surface area contributed by atoms with E-state index in [-0.39, 0.29) is 0 Å². The van der Waals surface area contributed by atoms with E-state index in [0.717, 1.165) is 44.7 Å². The lowest BCUT2D eigenvalue weighted by molar-refractivity contribution is 1.18. The van der Waals surface area contributed by atoms with Gasteiger partial charge in [-0.25, -0.2) is 9.97 Å². The summed E-state index contributed by atoms with van der Waals surface area (Å²) in [4.78, 5) is 10.3. The summed E-state index contributed by atoms with van der Waals surface area (Å²) in [5.41, 5.74) is 18.5. The van der Waals surface area contributed by atoms with Crippen LogP contribution in [0, 0.1) is 0 Å². The Morgan fingerprint density at radius 2 is 0.844 bits per heavy atom. The fourth-order valence-electron chi connectivity index (χ4n) is 10.5. The molecule has 1 aliphatic carbocycles. The summed E-state index contributed by atoms with van der Waals surface area (Å²) in [6.07, 6.45) is 0. The van der Waals surface area contributed by atoms with Crippen molar-refractivity contribution in [3.05, 3.63) is 218 Å². The zero-order valence-electron chi connectivity index (χ0n) is 34.6. The average molecular weight is 813 g/mol. The molecule has 0 aliphatic heterocycles. The summed E-state index contributed by atoms with van der Waals surface area (Å²) in [5, 5.41) is 8.41. The van der Waals surface area contributed by atoms with Gasteiger partial charge in [0.2, 0.25) is 0 Å². The van der Waals surface area contributed by atoms with Crippen LogP contribution in [0.15, 0.2) is 218 Å². The number of para-hydroxylation sites is 2. The second kappa shape index (κ2) is 13.4. The van der Waals surface area contributed by atoms with E-state index in [1.165, 1.54) is 87.9 Å². The Bertz CT molecular complexity index is 4080. The lowest BCUT2D eigenvalue weighted by Crippen LogP contribution is -1.95. The van der Waals surface area contributed by atoms with Crippen molar-refractivity contribution in [1.82, 2.24) is 19.1 Å². The first-order valence-electron chi connectivity index (χ1n) is 21.9. The molecule has 0 unspecified atom stereocenters. The molecule has 0 saturated heterocycles. The van der Waals surface area contributed by atoms with Crippen molar-refractivity contribution in [3.63, 3.8) is 0 Å². The summed E-state index contributed by atoms with van der Waals surface area (Å²) in [5.74, 6) is 0.749. The molecule has 10 aromatic carbocycles. The van der Waals surface area contributed by atoms with Crippen LogP contribution in [0.25, 0.3) is 133 Å². The maximum Gasteiger partial charge on any atom is 0.160 e. The number of benzene rings is 10. The monoisotopic (exact) mass is 812 g/mol. The Kier molecular flexibility index (Phi) is 7.36. The van der Waals surface area contributed by atoms with Crippen LogP contribution in [0.2, 0.25) is 0 Å². The van der Waals surface area contributed by atoms with E-state index < -0.39 is 0 Å². The Hall–Kier alpha value is -8.60. The highest BCUT2D eigenvalue weighted by Crippen LogP contribution is 2.46. The summed E-state index contributed by atoms with van der Waals surface area (Å²) in [7, 11) is 0. The third kappa shape index (κ3) is 5.17. The number of hydrogen-bond donors (Lipinski definition) is 0. The Labute approximate surface area is 368 Å². The summed E-state index contributed by atoms with van der Waals surface area (Å²) < 4.78 is 4.81. The molecule has 0 saturated carbocycles. The molecule has 0 atom stereocenters. The minimum absolute atomic E-state index is 0.749. The van der Waals surface area contributed by atoms with Gasteiger partial charge in [0.15, 0.2) is 5.82 Å². The van der Waals surface area contributed by atoms with Gasteiger partial charge >= 0.3 is 0 Å². The van der Waals surface area contributed by atoms with E-state index in [1.807, 2.05) is 0 Å². The number of hydrogen-bond acceptors (Lipinski definition) is 2. The zero-order chi connectivity index (χ0) is 41.9. The SMILES string of the molecule is c1ccc(-c2cccc(-n3c4ccccc4c4cc(-c5ccc6c(c5)c5ccccc5n6-c5ccc6cc(-c7nc8c9c(cccc9n7)-c7ccccc7-8)ccc6c5)ccc43)c2)cc1. The number of nitrogens with zero attached hydrogens (tertiary/aromatic N) is 4. The molecule has 0 spiro atoms. The van der Waals surface area contributed by atoms with Crippen molar-refractivity contribution < 1.29 is 0 Å². The largest absolute Gasteiger partial charge is 0.309 e. The van der Waals surface area contributed by atoms with Gasteiger partial charge in [0.05, 0.1) is 33.3 Å². The lowest BCUT2D eigenvalue weighted by atomic mass is 10.0. The summed E-state index contributed by atoms with van der Waals surface area (Å²) in [6.45, 7) is 0. The number of rotatable bonds is 5. The van der Waals surface area contributed by atoms with Crippen LogP contribution in [-0.4, -0.2) is 19.1 Å². The van der Waals surface area contributed by atoms with Crippen LogP contribution in [0.4, 0.5) is 0 Å². The first-order chi connectivity index (χ1) is 31.7. The predicted octanol–water partition coefficient (Wildman–Crippen LogP) is 15.6. The molecule has 4 nitrogen and oxygen atoms in total. The van der Waals surface area contributed by atoms with Crippen molar-refractivity contribution in [2.75, 3.05) is 0 Å². The topological polar surface area (TPSA) is 35.6 Å². The highest BCUT2D eigenvalue weighted by Gasteiger charge is 2.24. The van der Waals surface area contributed by atoms with Crippen molar-refractivity contribution in [1.29, 1.82) is 0 Å². The molecular formula is C60H36N4. The van der Waals surface area contributed by atoms with Gasteiger partial charge in [0, 0.05) is 49.4 Å². The Morgan fingerprint density at radius 1 is 0.297 bits per heavy atom. The van der Waals surface area contributed by atoms with E-state index >= 15 is 0 Å². The minimum atomic E-state index is 0.749. The molecule has 4 heteroatoms. The van der Waals surface area contributed by atoms with Gasteiger partial charge in [-0.2, -0.15) is 0 Å². The van der Waals surface area contributed by atoms with Crippen LogP contribution < -0.4 is 0 Å². The number of aromatic nitrogens is 4. The fourth-order valence-corrected chi connectivity index (χ4v) is 10.5. The van der Waals surface area contributed by atoms with E-state index in [2.05, 4.69) is 228 Å². The standard InChI is InChI=1S/C60H36N4/c1-2-12-37(13-3-1)38-14-10-15-44(33-38)63-54-22-8-6-17-47(54)51-35-41(27-30-56(51)63)42-28-31-57-52(36-42)48-18-7-9-23-55(48)64(57)45-29-26-39-32-43(25-24-40(39)34-45)60-61-53-21-11-20-49-46-16-4-5-19-50(46)59(62-60)58(49)53/h1-36H. The molecule has 0 bridgehead atoms. The highest BCUT2D eigenvalue weighted by atomic mass is 15.0. The fraction of sp³-hybridized carbons (Fsp3) is 0. The second-order valence-electron chi connectivity index (χ2n) is 17.0.